The van der Waals surface area contributed by atoms with Crippen LogP contribution in [0.5, 0.6) is 0 Å². The first-order valence-electron chi connectivity index (χ1n) is 9.71. The van der Waals surface area contributed by atoms with Gasteiger partial charge in [0, 0.05) is 38.3 Å². The maximum Gasteiger partial charge on any atom is 0.321 e. The van der Waals surface area contributed by atoms with Gasteiger partial charge >= 0.3 is 5.97 Å². The third-order valence-electron chi connectivity index (χ3n) is 5.20. The van der Waals surface area contributed by atoms with Crippen LogP contribution in [-0.2, 0) is 14.3 Å². The number of aliphatic imine (C=N–C) groups is 1. The SMILES string of the molecule is CCOC(=O)[C@@H]1C(=O)NC(N2CCN(CC)CC2)=N[C@H]1c1ccc([N+](=O)[O-])cc1. The number of guanidine groups is 1. The van der Waals surface area contributed by atoms with E-state index >= 15 is 0 Å². The first kappa shape index (κ1) is 20.7. The number of carbonyl (C=O) groups is 2. The average Bonchev–Trinajstić information content (AvgIpc) is 2.73. The number of nitro groups is 1. The summed E-state index contributed by atoms with van der Waals surface area (Å²) in [6.45, 7) is 8.01. The van der Waals surface area contributed by atoms with Gasteiger partial charge in [0.05, 0.1) is 11.5 Å². The van der Waals surface area contributed by atoms with Crippen molar-refractivity contribution < 1.29 is 19.2 Å². The van der Waals surface area contributed by atoms with Crippen LogP contribution in [0.1, 0.15) is 25.5 Å². The summed E-state index contributed by atoms with van der Waals surface area (Å²) >= 11 is 0. The molecule has 2 heterocycles. The first-order chi connectivity index (χ1) is 13.9. The molecule has 29 heavy (non-hydrogen) atoms. The largest absolute Gasteiger partial charge is 0.465 e. The number of hydrogen-bond acceptors (Lipinski definition) is 8. The highest BCUT2D eigenvalue weighted by Gasteiger charge is 2.42. The van der Waals surface area contributed by atoms with Gasteiger partial charge in [-0.05, 0) is 19.0 Å². The molecule has 1 saturated heterocycles. The molecule has 0 aromatic heterocycles. The van der Waals surface area contributed by atoms with E-state index in [1.54, 1.807) is 6.92 Å². The van der Waals surface area contributed by atoms with Gasteiger partial charge in [0.2, 0.25) is 11.9 Å². The van der Waals surface area contributed by atoms with Crippen molar-refractivity contribution in [2.75, 3.05) is 39.3 Å². The fourth-order valence-corrected chi connectivity index (χ4v) is 3.53. The third-order valence-corrected chi connectivity index (χ3v) is 5.20. The number of nitrogens with one attached hydrogen (secondary N) is 1. The molecule has 2 atom stereocenters. The van der Waals surface area contributed by atoms with Gasteiger partial charge < -0.3 is 14.5 Å². The summed E-state index contributed by atoms with van der Waals surface area (Å²) in [5, 5.41) is 13.7. The fraction of sp³-hybridized carbons (Fsp3) is 0.526. The molecule has 1 amide bonds. The van der Waals surface area contributed by atoms with Crippen molar-refractivity contribution in [3.8, 4) is 0 Å². The molecule has 0 saturated carbocycles. The molecule has 2 aliphatic heterocycles. The molecule has 1 N–H and O–H groups in total. The highest BCUT2D eigenvalue weighted by Crippen LogP contribution is 2.32. The predicted octanol–water partition coefficient (Wildman–Crippen LogP) is 0.939. The molecule has 10 nitrogen and oxygen atoms in total. The molecule has 0 unspecified atom stereocenters. The Bertz CT molecular complexity index is 802. The van der Waals surface area contributed by atoms with Gasteiger partial charge in [-0.15, -0.1) is 0 Å². The second-order valence-electron chi connectivity index (χ2n) is 6.89. The maximum atomic E-state index is 12.8. The molecule has 1 fully saturated rings. The zero-order valence-corrected chi connectivity index (χ0v) is 16.5. The Morgan fingerprint density at radius 2 is 1.90 bits per heavy atom. The molecular formula is C19H25N5O5. The zero-order valence-electron chi connectivity index (χ0n) is 16.5. The Morgan fingerprint density at radius 3 is 2.45 bits per heavy atom. The highest BCUT2D eigenvalue weighted by atomic mass is 16.6. The van der Waals surface area contributed by atoms with Crippen molar-refractivity contribution in [2.24, 2.45) is 10.9 Å². The number of non-ortho nitro benzene ring substituents is 1. The number of nitro benzene ring substituents is 1. The molecule has 3 rings (SSSR count). The van der Waals surface area contributed by atoms with Gasteiger partial charge in [0.25, 0.3) is 5.69 Å². The number of carbonyl (C=O) groups excluding carboxylic acids is 2. The average molecular weight is 403 g/mol. The lowest BCUT2D eigenvalue weighted by molar-refractivity contribution is -0.384. The summed E-state index contributed by atoms with van der Waals surface area (Å²) in [5.74, 6) is -1.85. The second kappa shape index (κ2) is 8.99. The Labute approximate surface area is 168 Å². The molecule has 156 valence electrons. The number of benzene rings is 1. The quantitative estimate of drug-likeness (QED) is 0.336. The number of rotatable bonds is 5. The second-order valence-corrected chi connectivity index (χ2v) is 6.89. The minimum absolute atomic E-state index is 0.0680. The molecule has 2 aliphatic rings. The molecule has 0 bridgehead atoms. The van der Waals surface area contributed by atoms with Crippen LogP contribution in [0, 0.1) is 16.0 Å². The third kappa shape index (κ3) is 4.53. The van der Waals surface area contributed by atoms with Crippen LogP contribution < -0.4 is 5.32 Å². The molecule has 10 heteroatoms. The van der Waals surface area contributed by atoms with E-state index in [-0.39, 0.29) is 12.3 Å². The zero-order chi connectivity index (χ0) is 21.0. The minimum Gasteiger partial charge on any atom is -0.465 e. The highest BCUT2D eigenvalue weighted by molar-refractivity contribution is 6.08. The van der Waals surface area contributed by atoms with Gasteiger partial charge in [0.1, 0.15) is 6.04 Å². The number of piperazine rings is 1. The van der Waals surface area contributed by atoms with Crippen molar-refractivity contribution in [1.82, 2.24) is 15.1 Å². The summed E-state index contributed by atoms with van der Waals surface area (Å²) in [7, 11) is 0. The first-order valence-corrected chi connectivity index (χ1v) is 9.71. The molecule has 0 radical (unpaired) electrons. The molecule has 0 aliphatic carbocycles. The van der Waals surface area contributed by atoms with Crippen molar-refractivity contribution >= 4 is 23.5 Å². The van der Waals surface area contributed by atoms with Crippen LogP contribution in [-0.4, -0.2) is 71.9 Å². The Morgan fingerprint density at radius 1 is 1.24 bits per heavy atom. The van der Waals surface area contributed by atoms with Crippen LogP contribution in [0.3, 0.4) is 0 Å². The summed E-state index contributed by atoms with van der Waals surface area (Å²) in [5.41, 5.74) is 0.481. The minimum atomic E-state index is -1.14. The van der Waals surface area contributed by atoms with Gasteiger partial charge in [-0.3, -0.25) is 25.0 Å². The van der Waals surface area contributed by atoms with Crippen LogP contribution in [0.15, 0.2) is 29.3 Å². The molecule has 1 aromatic rings. The normalized spacial score (nSPS) is 22.6. The smallest absolute Gasteiger partial charge is 0.321 e. The molecule has 0 spiro atoms. The van der Waals surface area contributed by atoms with Crippen LogP contribution in [0.2, 0.25) is 0 Å². The summed E-state index contributed by atoms with van der Waals surface area (Å²) < 4.78 is 5.08. The number of nitrogens with zero attached hydrogens (tertiary/aromatic N) is 4. The summed E-state index contributed by atoms with van der Waals surface area (Å²) in [4.78, 5) is 44.6. The number of ether oxygens (including phenoxy) is 1. The van der Waals surface area contributed by atoms with Crippen molar-refractivity contribution in [1.29, 1.82) is 0 Å². The van der Waals surface area contributed by atoms with E-state index in [1.165, 1.54) is 24.3 Å². The Kier molecular flexibility index (Phi) is 6.42. The van der Waals surface area contributed by atoms with Crippen molar-refractivity contribution in [3.63, 3.8) is 0 Å². The number of amides is 1. The van der Waals surface area contributed by atoms with E-state index in [9.17, 15) is 19.7 Å². The van der Waals surface area contributed by atoms with E-state index in [0.717, 1.165) is 19.6 Å². The van der Waals surface area contributed by atoms with Crippen molar-refractivity contribution in [2.45, 2.75) is 19.9 Å². The van der Waals surface area contributed by atoms with Gasteiger partial charge in [0.15, 0.2) is 5.92 Å². The van der Waals surface area contributed by atoms with E-state index in [4.69, 9.17) is 4.74 Å². The van der Waals surface area contributed by atoms with Crippen molar-refractivity contribution in [3.05, 3.63) is 39.9 Å². The van der Waals surface area contributed by atoms with E-state index in [0.29, 0.717) is 24.6 Å². The molecule has 1 aromatic carbocycles. The van der Waals surface area contributed by atoms with Gasteiger partial charge in [-0.2, -0.15) is 0 Å². The number of likely N-dealkylation sites (N-methyl/N-ethyl adjacent to an activating group) is 1. The summed E-state index contributed by atoms with van der Waals surface area (Å²) in [6.07, 6.45) is 0. The summed E-state index contributed by atoms with van der Waals surface area (Å²) in [6, 6.07) is 4.95. The number of hydrogen-bond donors (Lipinski definition) is 1. The Balaban J connectivity index is 1.92. The van der Waals surface area contributed by atoms with Gasteiger partial charge in [-0.25, -0.2) is 4.99 Å². The molecular weight excluding hydrogens is 378 g/mol. The topological polar surface area (TPSA) is 117 Å². The lowest BCUT2D eigenvalue weighted by atomic mass is 9.91. The monoisotopic (exact) mass is 403 g/mol. The van der Waals surface area contributed by atoms with Gasteiger partial charge in [-0.1, -0.05) is 19.1 Å². The van der Waals surface area contributed by atoms with Crippen LogP contribution >= 0.6 is 0 Å². The number of esters is 1. The lowest BCUT2D eigenvalue weighted by Crippen LogP contribution is -2.57. The Hall–Kier alpha value is -3.01. The van der Waals surface area contributed by atoms with Crippen LogP contribution in [0.4, 0.5) is 5.69 Å². The van der Waals surface area contributed by atoms with E-state index in [2.05, 4.69) is 22.1 Å². The lowest BCUT2D eigenvalue weighted by Gasteiger charge is -2.38. The fourth-order valence-electron chi connectivity index (χ4n) is 3.53. The maximum absolute atomic E-state index is 12.8. The standard InChI is InChI=1S/C19H25N5O5/c1-3-22-9-11-23(12-10-22)19-20-16(13-5-7-14(8-6-13)24(27)28)15(17(25)21-19)18(26)29-4-2/h5-8,15-16H,3-4,9-12H2,1-2H3,(H,20,21,25)/t15-,16-/m0/s1. The predicted molar refractivity (Wildman–Crippen MR) is 105 cm³/mol. The van der Waals surface area contributed by atoms with Crippen LogP contribution in [0.25, 0.3) is 0 Å². The van der Waals surface area contributed by atoms with E-state index in [1.807, 2.05) is 4.90 Å². The van der Waals surface area contributed by atoms with E-state index < -0.39 is 28.8 Å².